The van der Waals surface area contributed by atoms with Gasteiger partial charge in [0.05, 0.1) is 19.3 Å². The van der Waals surface area contributed by atoms with Crippen molar-refractivity contribution in [1.29, 1.82) is 0 Å². The normalized spacial score (nSPS) is 22.1. The lowest BCUT2D eigenvalue weighted by molar-refractivity contribution is -0.142. The largest absolute Gasteiger partial charge is 0.415 e. The molecular formula is C20H35NO3Si. The van der Waals surface area contributed by atoms with Crippen molar-refractivity contribution in [2.75, 3.05) is 13.2 Å². The van der Waals surface area contributed by atoms with Crippen LogP contribution >= 0.6 is 0 Å². The summed E-state index contributed by atoms with van der Waals surface area (Å²) in [5.74, 6) is -0.520. The van der Waals surface area contributed by atoms with Crippen LogP contribution in [0.2, 0.25) is 18.1 Å². The monoisotopic (exact) mass is 365 g/mol. The summed E-state index contributed by atoms with van der Waals surface area (Å²) in [5.41, 5.74) is 1.26. The van der Waals surface area contributed by atoms with Crippen LogP contribution in [0.15, 0.2) is 30.3 Å². The number of rotatable bonds is 7. The highest BCUT2D eigenvalue weighted by atomic mass is 28.4. The third-order valence-electron chi connectivity index (χ3n) is 5.32. The summed E-state index contributed by atoms with van der Waals surface area (Å²) in [6, 6.07) is 10.5. The molecule has 0 unspecified atom stereocenters. The highest BCUT2D eigenvalue weighted by molar-refractivity contribution is 6.74. The minimum Gasteiger partial charge on any atom is -0.415 e. The first kappa shape index (κ1) is 20.6. The molecule has 1 saturated heterocycles. The molecule has 0 aromatic heterocycles. The van der Waals surface area contributed by atoms with E-state index in [9.17, 15) is 0 Å². The van der Waals surface area contributed by atoms with Crippen LogP contribution in [0.3, 0.4) is 0 Å². The fourth-order valence-electron chi connectivity index (χ4n) is 2.57. The Balaban J connectivity index is 2.02. The molecule has 142 valence electrons. The van der Waals surface area contributed by atoms with E-state index in [4.69, 9.17) is 13.9 Å². The average Bonchev–Trinajstić information content (AvgIpc) is 2.87. The quantitative estimate of drug-likeness (QED) is 0.731. The van der Waals surface area contributed by atoms with Gasteiger partial charge in [0, 0.05) is 6.54 Å². The van der Waals surface area contributed by atoms with Crippen molar-refractivity contribution in [3.8, 4) is 0 Å². The van der Waals surface area contributed by atoms with Crippen molar-refractivity contribution in [2.45, 2.75) is 77.2 Å². The molecule has 1 aliphatic rings. The Kier molecular flexibility index (Phi) is 6.49. The lowest BCUT2D eigenvalue weighted by Crippen LogP contribution is -2.49. The predicted molar refractivity (Wildman–Crippen MR) is 105 cm³/mol. The number of nitrogens with one attached hydrogen (secondary N) is 1. The van der Waals surface area contributed by atoms with Gasteiger partial charge in [-0.1, -0.05) is 51.1 Å². The Labute approximate surface area is 154 Å². The number of benzene rings is 1. The molecule has 0 saturated carbocycles. The van der Waals surface area contributed by atoms with Gasteiger partial charge in [-0.15, -0.1) is 0 Å². The zero-order valence-electron chi connectivity index (χ0n) is 16.9. The molecule has 0 amide bonds. The van der Waals surface area contributed by atoms with E-state index < -0.39 is 14.1 Å². The third kappa shape index (κ3) is 5.90. The van der Waals surface area contributed by atoms with Gasteiger partial charge in [0.1, 0.15) is 6.10 Å². The lowest BCUT2D eigenvalue weighted by Gasteiger charge is -2.38. The molecule has 0 spiro atoms. The Bertz CT molecular complexity index is 540. The Morgan fingerprint density at radius 3 is 2.40 bits per heavy atom. The molecule has 1 aromatic rings. The maximum Gasteiger partial charge on any atom is 0.192 e. The van der Waals surface area contributed by atoms with Gasteiger partial charge in [0.2, 0.25) is 0 Å². The minimum atomic E-state index is -1.80. The molecule has 5 heteroatoms. The van der Waals surface area contributed by atoms with Gasteiger partial charge in [-0.25, -0.2) is 0 Å². The van der Waals surface area contributed by atoms with Gasteiger partial charge in [-0.3, -0.25) is 0 Å². The van der Waals surface area contributed by atoms with Crippen molar-refractivity contribution in [3.05, 3.63) is 35.9 Å². The van der Waals surface area contributed by atoms with Crippen LogP contribution in [0.5, 0.6) is 0 Å². The minimum absolute atomic E-state index is 0.00322. The lowest BCUT2D eigenvalue weighted by atomic mass is 10.1. The summed E-state index contributed by atoms with van der Waals surface area (Å²) < 4.78 is 18.3. The van der Waals surface area contributed by atoms with Gasteiger partial charge in [0.25, 0.3) is 0 Å². The summed E-state index contributed by atoms with van der Waals surface area (Å²) in [6.45, 7) is 17.4. The van der Waals surface area contributed by atoms with Crippen LogP contribution in [0.1, 0.15) is 40.2 Å². The molecule has 1 aliphatic heterocycles. The SMILES string of the molecule is CC1(C)OC[C@@H]([C@@H](CO[Si](C)(C)C(C)(C)C)NCc2ccccc2)O1. The molecule has 1 aromatic carbocycles. The predicted octanol–water partition coefficient (Wildman–Crippen LogP) is 4.32. The smallest absolute Gasteiger partial charge is 0.192 e. The van der Waals surface area contributed by atoms with Crippen molar-refractivity contribution in [3.63, 3.8) is 0 Å². The molecule has 0 bridgehead atoms. The van der Waals surface area contributed by atoms with Crippen molar-refractivity contribution in [2.24, 2.45) is 0 Å². The fourth-order valence-corrected chi connectivity index (χ4v) is 3.60. The van der Waals surface area contributed by atoms with E-state index in [-0.39, 0.29) is 17.2 Å². The highest BCUT2D eigenvalue weighted by Gasteiger charge is 2.41. The van der Waals surface area contributed by atoms with Crippen LogP contribution in [0.4, 0.5) is 0 Å². The van der Waals surface area contributed by atoms with Crippen LogP contribution in [0.25, 0.3) is 0 Å². The Morgan fingerprint density at radius 1 is 1.24 bits per heavy atom. The zero-order valence-corrected chi connectivity index (χ0v) is 17.9. The van der Waals surface area contributed by atoms with E-state index >= 15 is 0 Å². The molecule has 1 fully saturated rings. The summed E-state index contributed by atoms with van der Waals surface area (Å²) >= 11 is 0. The molecule has 4 nitrogen and oxygen atoms in total. The molecule has 1 N–H and O–H groups in total. The molecule has 0 radical (unpaired) electrons. The van der Waals surface area contributed by atoms with E-state index in [1.807, 2.05) is 19.9 Å². The molecular weight excluding hydrogens is 330 g/mol. The second-order valence-electron chi connectivity index (χ2n) is 8.91. The third-order valence-corrected chi connectivity index (χ3v) is 9.82. The highest BCUT2D eigenvalue weighted by Crippen LogP contribution is 2.37. The van der Waals surface area contributed by atoms with Gasteiger partial charge < -0.3 is 19.2 Å². The van der Waals surface area contributed by atoms with Gasteiger partial charge in [-0.05, 0) is 37.5 Å². The molecule has 0 aliphatic carbocycles. The zero-order chi connectivity index (χ0) is 18.7. The molecule has 25 heavy (non-hydrogen) atoms. The maximum absolute atomic E-state index is 6.47. The summed E-state index contributed by atoms with van der Waals surface area (Å²) in [6.07, 6.45) is 0.00322. The first-order valence-electron chi connectivity index (χ1n) is 9.23. The van der Waals surface area contributed by atoms with Crippen molar-refractivity contribution >= 4 is 8.32 Å². The van der Waals surface area contributed by atoms with E-state index in [2.05, 4.69) is 63.4 Å². The Hall–Kier alpha value is -0.723. The number of hydrogen-bond acceptors (Lipinski definition) is 4. The summed E-state index contributed by atoms with van der Waals surface area (Å²) in [5, 5.41) is 3.83. The average molecular weight is 366 g/mol. The van der Waals surface area contributed by atoms with E-state index in [1.165, 1.54) is 5.56 Å². The van der Waals surface area contributed by atoms with Crippen LogP contribution in [-0.2, 0) is 20.4 Å². The number of ether oxygens (including phenoxy) is 2. The molecule has 1 heterocycles. The van der Waals surface area contributed by atoms with Crippen molar-refractivity contribution in [1.82, 2.24) is 5.32 Å². The van der Waals surface area contributed by atoms with Gasteiger partial charge in [0.15, 0.2) is 14.1 Å². The van der Waals surface area contributed by atoms with Crippen LogP contribution in [-0.4, -0.2) is 39.5 Å². The topological polar surface area (TPSA) is 39.7 Å². The summed E-state index contributed by atoms with van der Waals surface area (Å²) in [7, 11) is -1.80. The van der Waals surface area contributed by atoms with Gasteiger partial charge >= 0.3 is 0 Å². The van der Waals surface area contributed by atoms with Crippen LogP contribution < -0.4 is 5.32 Å². The second-order valence-corrected chi connectivity index (χ2v) is 13.7. The maximum atomic E-state index is 6.47. The summed E-state index contributed by atoms with van der Waals surface area (Å²) in [4.78, 5) is 0. The van der Waals surface area contributed by atoms with Gasteiger partial charge in [-0.2, -0.15) is 0 Å². The van der Waals surface area contributed by atoms with Crippen molar-refractivity contribution < 1.29 is 13.9 Å². The van der Waals surface area contributed by atoms with E-state index in [0.717, 1.165) is 6.54 Å². The van der Waals surface area contributed by atoms with E-state index in [0.29, 0.717) is 13.2 Å². The number of hydrogen-bond donors (Lipinski definition) is 1. The molecule has 2 rings (SSSR count). The fraction of sp³-hybridized carbons (Fsp3) is 0.700. The first-order chi connectivity index (χ1) is 11.5. The standard InChI is InChI=1S/C20H35NO3Si/c1-19(2,3)25(6,7)23-14-17(18-15-22-20(4,5)24-18)21-13-16-11-9-8-10-12-16/h8-12,17-18,21H,13-15H2,1-7H3/t17-,18+/m1/s1. The van der Waals surface area contributed by atoms with E-state index in [1.54, 1.807) is 0 Å². The van der Waals surface area contributed by atoms with Crippen LogP contribution in [0, 0.1) is 0 Å². The second kappa shape index (κ2) is 7.88. The first-order valence-corrected chi connectivity index (χ1v) is 12.1. The Morgan fingerprint density at radius 2 is 1.88 bits per heavy atom. The molecule has 2 atom stereocenters.